The molecular formula is C18H31N3O5. The van der Waals surface area contributed by atoms with Crippen molar-refractivity contribution >= 4 is 23.7 Å². The number of carbonyl (C=O) groups is 4. The van der Waals surface area contributed by atoms with Crippen LogP contribution in [0.3, 0.4) is 0 Å². The van der Waals surface area contributed by atoms with E-state index in [1.165, 1.54) is 11.8 Å². The molecule has 0 unspecified atom stereocenters. The van der Waals surface area contributed by atoms with Gasteiger partial charge in [0, 0.05) is 13.5 Å². The molecular weight excluding hydrogens is 338 g/mol. The average molecular weight is 369 g/mol. The maximum absolute atomic E-state index is 12.9. The Balaban J connectivity index is 2.90. The number of likely N-dealkylation sites (tertiary alicyclic amines) is 1. The van der Waals surface area contributed by atoms with Crippen LogP contribution in [0.5, 0.6) is 0 Å². The molecule has 0 radical (unpaired) electrons. The summed E-state index contributed by atoms with van der Waals surface area (Å²) < 4.78 is 0. The molecule has 3 amide bonds. The minimum atomic E-state index is -1.10. The number of rotatable bonds is 8. The van der Waals surface area contributed by atoms with Crippen LogP contribution in [-0.2, 0) is 19.2 Å². The van der Waals surface area contributed by atoms with E-state index >= 15 is 0 Å². The van der Waals surface area contributed by atoms with Crippen molar-refractivity contribution in [1.82, 2.24) is 15.5 Å². The first-order valence-corrected chi connectivity index (χ1v) is 9.15. The normalized spacial score (nSPS) is 19.3. The molecule has 1 aliphatic rings. The molecule has 8 nitrogen and oxygen atoms in total. The van der Waals surface area contributed by atoms with Crippen LogP contribution >= 0.6 is 0 Å². The molecule has 0 spiro atoms. The van der Waals surface area contributed by atoms with Gasteiger partial charge in [-0.25, -0.2) is 4.79 Å². The highest BCUT2D eigenvalue weighted by Gasteiger charge is 2.39. The number of hydrogen-bond donors (Lipinski definition) is 3. The molecule has 0 aromatic carbocycles. The predicted octanol–water partition coefficient (Wildman–Crippen LogP) is 0.754. The van der Waals surface area contributed by atoms with Crippen LogP contribution in [0.1, 0.15) is 53.9 Å². The summed E-state index contributed by atoms with van der Waals surface area (Å²) in [5.74, 6) is -2.21. The number of aliphatic carboxylic acids is 1. The van der Waals surface area contributed by atoms with Crippen molar-refractivity contribution < 1.29 is 24.3 Å². The molecule has 26 heavy (non-hydrogen) atoms. The monoisotopic (exact) mass is 369 g/mol. The van der Waals surface area contributed by atoms with Crippen molar-refractivity contribution in [2.24, 2.45) is 11.8 Å². The Bertz CT molecular complexity index is 547. The summed E-state index contributed by atoms with van der Waals surface area (Å²) in [7, 11) is 0. The highest BCUT2D eigenvalue weighted by atomic mass is 16.4. The summed E-state index contributed by atoms with van der Waals surface area (Å²) in [6.07, 6.45) is 1.63. The summed E-state index contributed by atoms with van der Waals surface area (Å²) in [4.78, 5) is 49.7. The highest BCUT2D eigenvalue weighted by molar-refractivity contribution is 5.93. The molecule has 0 saturated carbocycles. The van der Waals surface area contributed by atoms with Gasteiger partial charge in [0.15, 0.2) is 0 Å². The van der Waals surface area contributed by atoms with E-state index in [0.717, 1.165) is 0 Å². The van der Waals surface area contributed by atoms with Gasteiger partial charge in [0.25, 0.3) is 0 Å². The fourth-order valence-electron chi connectivity index (χ4n) is 3.20. The quantitative estimate of drug-likeness (QED) is 0.584. The van der Waals surface area contributed by atoms with Crippen molar-refractivity contribution in [2.45, 2.75) is 72.0 Å². The van der Waals surface area contributed by atoms with Gasteiger partial charge in [0.2, 0.25) is 17.7 Å². The van der Waals surface area contributed by atoms with E-state index in [1.807, 2.05) is 13.8 Å². The van der Waals surface area contributed by atoms with Gasteiger partial charge in [-0.05, 0) is 31.1 Å². The molecule has 1 rings (SSSR count). The third-order valence-corrected chi connectivity index (χ3v) is 4.45. The Morgan fingerprint density at radius 2 is 1.73 bits per heavy atom. The van der Waals surface area contributed by atoms with Gasteiger partial charge in [-0.2, -0.15) is 0 Å². The number of amides is 3. The van der Waals surface area contributed by atoms with Crippen LogP contribution in [0, 0.1) is 11.8 Å². The predicted molar refractivity (Wildman–Crippen MR) is 96.2 cm³/mol. The number of hydrogen-bond acceptors (Lipinski definition) is 4. The lowest BCUT2D eigenvalue weighted by atomic mass is 10.0. The summed E-state index contributed by atoms with van der Waals surface area (Å²) in [6.45, 7) is 9.12. The second-order valence-electron chi connectivity index (χ2n) is 7.64. The third-order valence-electron chi connectivity index (χ3n) is 4.45. The molecule has 1 saturated heterocycles. The maximum atomic E-state index is 12.9. The van der Waals surface area contributed by atoms with E-state index in [4.69, 9.17) is 0 Å². The smallest absolute Gasteiger partial charge is 0.326 e. The lowest BCUT2D eigenvalue weighted by Gasteiger charge is -2.30. The largest absolute Gasteiger partial charge is 0.480 e. The Hall–Kier alpha value is -2.12. The summed E-state index contributed by atoms with van der Waals surface area (Å²) in [6, 6.07) is -2.38. The molecule has 1 heterocycles. The minimum Gasteiger partial charge on any atom is -0.480 e. The van der Waals surface area contributed by atoms with Gasteiger partial charge in [-0.15, -0.1) is 0 Å². The maximum Gasteiger partial charge on any atom is 0.326 e. The number of carboxylic acids is 1. The molecule has 0 aromatic rings. The van der Waals surface area contributed by atoms with E-state index in [2.05, 4.69) is 10.6 Å². The van der Waals surface area contributed by atoms with E-state index in [1.54, 1.807) is 13.8 Å². The Morgan fingerprint density at radius 1 is 1.12 bits per heavy atom. The summed E-state index contributed by atoms with van der Waals surface area (Å²) >= 11 is 0. The van der Waals surface area contributed by atoms with E-state index < -0.39 is 30.0 Å². The van der Waals surface area contributed by atoms with E-state index in [9.17, 15) is 24.3 Å². The van der Waals surface area contributed by atoms with Gasteiger partial charge in [-0.1, -0.05) is 27.7 Å². The van der Waals surface area contributed by atoms with Crippen molar-refractivity contribution in [3.63, 3.8) is 0 Å². The van der Waals surface area contributed by atoms with Crippen LogP contribution in [0.15, 0.2) is 0 Å². The Labute approximate surface area is 154 Å². The second-order valence-corrected chi connectivity index (χ2v) is 7.64. The zero-order chi connectivity index (χ0) is 20.0. The number of carbonyl (C=O) groups excluding carboxylic acids is 3. The molecule has 0 aliphatic carbocycles. The lowest BCUT2D eigenvalue weighted by Crippen LogP contribution is -2.56. The summed E-state index contributed by atoms with van der Waals surface area (Å²) in [5.41, 5.74) is 0. The standard InChI is InChI=1S/C18H31N3O5/c1-10(2)9-13(19-12(5)22)17(24)21-8-6-7-14(21)16(23)20-15(11(3)4)18(25)26/h10-11,13-15H,6-9H2,1-5H3,(H,19,22)(H,20,23)(H,25,26)/t13-,14-,15-/m0/s1. The first kappa shape index (κ1) is 21.9. The molecule has 1 fully saturated rings. The van der Waals surface area contributed by atoms with Gasteiger partial charge < -0.3 is 20.6 Å². The highest BCUT2D eigenvalue weighted by Crippen LogP contribution is 2.21. The van der Waals surface area contributed by atoms with Crippen LogP contribution in [0.4, 0.5) is 0 Å². The van der Waals surface area contributed by atoms with Crippen LogP contribution in [0.25, 0.3) is 0 Å². The molecule has 0 aromatic heterocycles. The summed E-state index contributed by atoms with van der Waals surface area (Å²) in [5, 5.41) is 14.5. The van der Waals surface area contributed by atoms with Crippen molar-refractivity contribution in [3.8, 4) is 0 Å². The van der Waals surface area contributed by atoms with Gasteiger partial charge >= 0.3 is 5.97 Å². The van der Waals surface area contributed by atoms with Gasteiger partial charge in [0.05, 0.1) is 0 Å². The minimum absolute atomic E-state index is 0.197. The molecule has 3 N–H and O–H groups in total. The fraction of sp³-hybridized carbons (Fsp3) is 0.778. The second kappa shape index (κ2) is 9.54. The Morgan fingerprint density at radius 3 is 2.19 bits per heavy atom. The van der Waals surface area contributed by atoms with Crippen molar-refractivity contribution in [2.75, 3.05) is 6.54 Å². The van der Waals surface area contributed by atoms with Crippen molar-refractivity contribution in [3.05, 3.63) is 0 Å². The lowest BCUT2D eigenvalue weighted by molar-refractivity contribution is -0.145. The van der Waals surface area contributed by atoms with Gasteiger partial charge in [0.1, 0.15) is 18.1 Å². The molecule has 8 heteroatoms. The topological polar surface area (TPSA) is 116 Å². The number of carboxylic acid groups (broad SMARTS) is 1. The molecule has 1 aliphatic heterocycles. The third kappa shape index (κ3) is 6.00. The first-order valence-electron chi connectivity index (χ1n) is 9.15. The number of nitrogens with one attached hydrogen (secondary N) is 2. The van der Waals surface area contributed by atoms with Crippen LogP contribution in [0.2, 0.25) is 0 Å². The zero-order valence-electron chi connectivity index (χ0n) is 16.2. The zero-order valence-corrected chi connectivity index (χ0v) is 16.2. The fourth-order valence-corrected chi connectivity index (χ4v) is 3.20. The van der Waals surface area contributed by atoms with Gasteiger partial charge in [-0.3, -0.25) is 14.4 Å². The first-order chi connectivity index (χ1) is 12.0. The SMILES string of the molecule is CC(=O)N[C@@H](CC(C)C)C(=O)N1CCC[C@H]1C(=O)N[C@H](C(=O)O)C(C)C. The van der Waals surface area contributed by atoms with Crippen LogP contribution in [-0.4, -0.2) is 58.4 Å². The van der Waals surface area contributed by atoms with Crippen molar-refractivity contribution in [1.29, 1.82) is 0 Å². The van der Waals surface area contributed by atoms with E-state index in [-0.39, 0.29) is 23.7 Å². The van der Waals surface area contributed by atoms with Crippen LogP contribution < -0.4 is 10.6 Å². The molecule has 3 atom stereocenters. The average Bonchev–Trinajstić information content (AvgIpc) is 2.98. The molecule has 148 valence electrons. The molecule has 0 bridgehead atoms. The Kier molecular flexibility index (Phi) is 8.05. The number of nitrogens with zero attached hydrogens (tertiary/aromatic N) is 1. The van der Waals surface area contributed by atoms with E-state index in [0.29, 0.717) is 25.8 Å².